The summed E-state index contributed by atoms with van der Waals surface area (Å²) in [7, 11) is 0. The van der Waals surface area contributed by atoms with Gasteiger partial charge in [-0.25, -0.2) is 4.98 Å². The number of ether oxygens (including phenoxy) is 1. The molecule has 1 saturated heterocycles. The van der Waals surface area contributed by atoms with E-state index in [2.05, 4.69) is 4.98 Å². The molecule has 0 spiro atoms. The standard InChI is InChI=1S/C10H15NO2S.C2H6/c1-7-9(6-12)11-10(14-7)8-2-4-13-5-3-8;1-2/h8,12H,2-6H2,1H3;1-2H3. The van der Waals surface area contributed by atoms with E-state index in [1.54, 1.807) is 11.3 Å². The predicted molar refractivity (Wildman–Crippen MR) is 66.9 cm³/mol. The van der Waals surface area contributed by atoms with E-state index in [4.69, 9.17) is 9.84 Å². The lowest BCUT2D eigenvalue weighted by atomic mass is 10.0. The molecule has 0 atom stereocenters. The van der Waals surface area contributed by atoms with Crippen molar-refractivity contribution in [2.24, 2.45) is 0 Å². The van der Waals surface area contributed by atoms with Crippen LogP contribution >= 0.6 is 11.3 Å². The number of hydrogen-bond acceptors (Lipinski definition) is 4. The SMILES string of the molecule is CC.Cc1sc(C2CCOCC2)nc1CO. The fraction of sp³-hybridized carbons (Fsp3) is 0.750. The Bertz CT molecular complexity index is 306. The lowest BCUT2D eigenvalue weighted by Crippen LogP contribution is -2.13. The topological polar surface area (TPSA) is 42.4 Å². The van der Waals surface area contributed by atoms with Crippen molar-refractivity contribution in [3.8, 4) is 0 Å². The van der Waals surface area contributed by atoms with Gasteiger partial charge >= 0.3 is 0 Å². The van der Waals surface area contributed by atoms with Crippen LogP contribution in [0.4, 0.5) is 0 Å². The highest BCUT2D eigenvalue weighted by molar-refractivity contribution is 7.11. The normalized spacial score (nSPS) is 16.8. The summed E-state index contributed by atoms with van der Waals surface area (Å²) in [6.45, 7) is 7.77. The Labute approximate surface area is 101 Å². The Morgan fingerprint density at radius 2 is 2.00 bits per heavy atom. The van der Waals surface area contributed by atoms with E-state index >= 15 is 0 Å². The van der Waals surface area contributed by atoms with Gasteiger partial charge in [-0.15, -0.1) is 11.3 Å². The molecule has 0 unspecified atom stereocenters. The lowest BCUT2D eigenvalue weighted by molar-refractivity contribution is 0.0852. The molecule has 16 heavy (non-hydrogen) atoms. The molecule has 2 rings (SSSR count). The number of hydrogen-bond donors (Lipinski definition) is 1. The minimum absolute atomic E-state index is 0.0611. The van der Waals surface area contributed by atoms with Crippen molar-refractivity contribution in [2.45, 2.75) is 46.1 Å². The third-order valence-electron chi connectivity index (χ3n) is 2.63. The Hall–Kier alpha value is -0.450. The van der Waals surface area contributed by atoms with Gasteiger partial charge in [-0.2, -0.15) is 0 Å². The molecule has 3 nitrogen and oxygen atoms in total. The molecule has 0 aromatic carbocycles. The fourth-order valence-corrected chi connectivity index (χ4v) is 2.82. The van der Waals surface area contributed by atoms with Crippen LogP contribution in [0.3, 0.4) is 0 Å². The van der Waals surface area contributed by atoms with Crippen LogP contribution in [-0.4, -0.2) is 23.3 Å². The quantitative estimate of drug-likeness (QED) is 0.868. The van der Waals surface area contributed by atoms with Gasteiger partial charge in [-0.05, 0) is 19.8 Å². The molecule has 2 heterocycles. The van der Waals surface area contributed by atoms with Gasteiger partial charge in [0.2, 0.25) is 0 Å². The molecule has 92 valence electrons. The van der Waals surface area contributed by atoms with E-state index < -0.39 is 0 Å². The summed E-state index contributed by atoms with van der Waals surface area (Å²) in [6, 6.07) is 0. The molecule has 1 aromatic rings. The summed E-state index contributed by atoms with van der Waals surface area (Å²) in [5, 5.41) is 10.2. The molecule has 0 saturated carbocycles. The van der Waals surface area contributed by atoms with Gasteiger partial charge in [-0.1, -0.05) is 13.8 Å². The Kier molecular flexibility index (Phi) is 5.95. The number of nitrogens with zero attached hydrogens (tertiary/aromatic N) is 1. The zero-order valence-corrected chi connectivity index (χ0v) is 11.1. The van der Waals surface area contributed by atoms with E-state index in [1.165, 1.54) is 5.01 Å². The third-order valence-corrected chi connectivity index (χ3v) is 3.81. The van der Waals surface area contributed by atoms with Crippen LogP contribution in [0.1, 0.15) is 48.2 Å². The molecular formula is C12H21NO2S. The molecule has 1 aliphatic heterocycles. The highest BCUT2D eigenvalue weighted by Gasteiger charge is 2.20. The van der Waals surface area contributed by atoms with Gasteiger partial charge in [0.25, 0.3) is 0 Å². The van der Waals surface area contributed by atoms with Gasteiger partial charge in [0, 0.05) is 24.0 Å². The van der Waals surface area contributed by atoms with E-state index in [9.17, 15) is 0 Å². The van der Waals surface area contributed by atoms with Crippen molar-refractivity contribution in [1.29, 1.82) is 0 Å². The summed E-state index contributed by atoms with van der Waals surface area (Å²) < 4.78 is 5.31. The van der Waals surface area contributed by atoms with Crippen LogP contribution in [0, 0.1) is 6.92 Å². The van der Waals surface area contributed by atoms with E-state index in [-0.39, 0.29) is 6.61 Å². The predicted octanol–water partition coefficient (Wildman–Crippen LogP) is 2.86. The first-order valence-corrected chi connectivity index (χ1v) is 6.77. The van der Waals surface area contributed by atoms with Crippen LogP contribution in [0.25, 0.3) is 0 Å². The van der Waals surface area contributed by atoms with Crippen molar-refractivity contribution in [3.63, 3.8) is 0 Å². The summed E-state index contributed by atoms with van der Waals surface area (Å²) in [4.78, 5) is 5.61. The van der Waals surface area contributed by atoms with Gasteiger partial charge in [0.1, 0.15) is 0 Å². The molecule has 0 aliphatic carbocycles. The van der Waals surface area contributed by atoms with E-state index in [0.717, 1.165) is 36.6 Å². The monoisotopic (exact) mass is 243 g/mol. The Morgan fingerprint density at radius 3 is 2.50 bits per heavy atom. The first kappa shape index (κ1) is 13.6. The Balaban J connectivity index is 0.000000606. The number of aromatic nitrogens is 1. The van der Waals surface area contributed by atoms with Crippen molar-refractivity contribution >= 4 is 11.3 Å². The maximum absolute atomic E-state index is 9.05. The smallest absolute Gasteiger partial charge is 0.0964 e. The maximum Gasteiger partial charge on any atom is 0.0964 e. The molecule has 0 amide bonds. The number of aliphatic hydroxyl groups excluding tert-OH is 1. The molecule has 1 aromatic heterocycles. The molecule has 0 radical (unpaired) electrons. The van der Waals surface area contributed by atoms with Crippen LogP contribution in [0.15, 0.2) is 0 Å². The average molecular weight is 243 g/mol. The van der Waals surface area contributed by atoms with Crippen molar-refractivity contribution in [2.75, 3.05) is 13.2 Å². The van der Waals surface area contributed by atoms with Gasteiger partial charge in [0.15, 0.2) is 0 Å². The van der Waals surface area contributed by atoms with E-state index in [1.807, 2.05) is 20.8 Å². The van der Waals surface area contributed by atoms with Crippen molar-refractivity contribution in [1.82, 2.24) is 4.98 Å². The number of aliphatic hydroxyl groups is 1. The zero-order chi connectivity index (χ0) is 12.0. The highest BCUT2D eigenvalue weighted by Crippen LogP contribution is 2.31. The molecule has 4 heteroatoms. The highest BCUT2D eigenvalue weighted by atomic mass is 32.1. The van der Waals surface area contributed by atoms with Crippen molar-refractivity contribution < 1.29 is 9.84 Å². The second-order valence-electron chi connectivity index (χ2n) is 3.60. The first-order chi connectivity index (χ1) is 7.81. The number of aryl methyl sites for hydroxylation is 1. The average Bonchev–Trinajstić information content (AvgIpc) is 2.74. The van der Waals surface area contributed by atoms with Crippen molar-refractivity contribution in [3.05, 3.63) is 15.6 Å². The summed E-state index contributed by atoms with van der Waals surface area (Å²) in [6.07, 6.45) is 2.13. The number of rotatable bonds is 2. The van der Waals surface area contributed by atoms with E-state index in [0.29, 0.717) is 5.92 Å². The van der Waals surface area contributed by atoms with Gasteiger partial charge < -0.3 is 9.84 Å². The zero-order valence-electron chi connectivity index (χ0n) is 10.3. The van der Waals surface area contributed by atoms with Crippen LogP contribution in [0.5, 0.6) is 0 Å². The minimum atomic E-state index is 0.0611. The third kappa shape index (κ3) is 3.27. The number of thiazole rings is 1. The summed E-state index contributed by atoms with van der Waals surface area (Å²) in [5.74, 6) is 0.549. The molecule has 0 bridgehead atoms. The molecular weight excluding hydrogens is 222 g/mol. The largest absolute Gasteiger partial charge is 0.390 e. The second kappa shape index (κ2) is 6.99. The van der Waals surface area contributed by atoms with Gasteiger partial charge in [-0.3, -0.25) is 0 Å². The maximum atomic E-state index is 9.05. The van der Waals surface area contributed by atoms with Crippen LogP contribution < -0.4 is 0 Å². The molecule has 1 aliphatic rings. The minimum Gasteiger partial charge on any atom is -0.390 e. The van der Waals surface area contributed by atoms with Crippen LogP contribution in [-0.2, 0) is 11.3 Å². The van der Waals surface area contributed by atoms with Crippen LogP contribution in [0.2, 0.25) is 0 Å². The lowest BCUT2D eigenvalue weighted by Gasteiger charge is -2.19. The Morgan fingerprint density at radius 1 is 1.38 bits per heavy atom. The summed E-state index contributed by atoms with van der Waals surface area (Å²) in [5.41, 5.74) is 0.844. The molecule has 1 N–H and O–H groups in total. The van der Waals surface area contributed by atoms with Gasteiger partial charge in [0.05, 0.1) is 17.3 Å². The molecule has 1 fully saturated rings. The summed E-state index contributed by atoms with van der Waals surface area (Å²) >= 11 is 1.72. The second-order valence-corrected chi connectivity index (χ2v) is 4.83. The first-order valence-electron chi connectivity index (χ1n) is 5.96. The fourth-order valence-electron chi connectivity index (χ4n) is 1.72.